The third-order valence-electron chi connectivity index (χ3n) is 6.48. The Labute approximate surface area is 186 Å². The molecular formula is C25H30F3NO3. The van der Waals surface area contributed by atoms with Crippen molar-refractivity contribution in [3.05, 3.63) is 58.7 Å². The topological polar surface area (TPSA) is 41.9 Å². The van der Waals surface area contributed by atoms with Gasteiger partial charge >= 0.3 is 6.18 Å². The molecule has 2 unspecified atom stereocenters. The molecule has 0 saturated heterocycles. The van der Waals surface area contributed by atoms with Gasteiger partial charge in [0, 0.05) is 23.1 Å². The zero-order valence-corrected chi connectivity index (χ0v) is 19.2. The molecule has 0 aliphatic carbocycles. The number of nitrogens with zero attached hydrogens (tertiary/aromatic N) is 1. The number of rotatable bonds is 2. The van der Waals surface area contributed by atoms with Crippen LogP contribution in [0.15, 0.2) is 36.4 Å². The largest absolute Gasteiger partial charge is 0.487 e. The lowest BCUT2D eigenvalue weighted by Gasteiger charge is -2.46. The molecule has 0 fully saturated rings. The Hall–Kier alpha value is -2.25. The first-order valence-corrected chi connectivity index (χ1v) is 10.8. The number of benzene rings is 2. The number of alkyl halides is 3. The fourth-order valence-corrected chi connectivity index (χ4v) is 4.90. The van der Waals surface area contributed by atoms with Gasteiger partial charge in [-0.05, 0) is 65.9 Å². The van der Waals surface area contributed by atoms with Gasteiger partial charge in [0.25, 0.3) is 0 Å². The average Bonchev–Trinajstić information content (AvgIpc) is 2.65. The van der Waals surface area contributed by atoms with E-state index in [2.05, 4.69) is 0 Å². The summed E-state index contributed by atoms with van der Waals surface area (Å²) in [4.78, 5) is 1.94. The average molecular weight is 450 g/mol. The van der Waals surface area contributed by atoms with Gasteiger partial charge in [-0.3, -0.25) is 4.90 Å². The fourth-order valence-electron chi connectivity index (χ4n) is 4.90. The van der Waals surface area contributed by atoms with Crippen LogP contribution in [0.1, 0.15) is 68.3 Å². The Bertz CT molecular complexity index is 1030. The predicted molar refractivity (Wildman–Crippen MR) is 116 cm³/mol. The lowest BCUT2D eigenvalue weighted by Crippen LogP contribution is -2.52. The van der Waals surface area contributed by atoms with E-state index in [-0.39, 0.29) is 12.0 Å². The van der Waals surface area contributed by atoms with Crippen molar-refractivity contribution < 1.29 is 27.8 Å². The summed E-state index contributed by atoms with van der Waals surface area (Å²) in [5.41, 5.74) is 0.179. The normalized spacial score (nSPS) is 26.0. The van der Waals surface area contributed by atoms with Crippen molar-refractivity contribution in [3.8, 4) is 11.5 Å². The molecule has 0 spiro atoms. The Morgan fingerprint density at radius 3 is 2.25 bits per heavy atom. The molecule has 3 atom stereocenters. The van der Waals surface area contributed by atoms with Crippen molar-refractivity contribution in [1.82, 2.24) is 4.90 Å². The fraction of sp³-hybridized carbons (Fsp3) is 0.520. The van der Waals surface area contributed by atoms with Crippen LogP contribution in [0.5, 0.6) is 11.5 Å². The first-order chi connectivity index (χ1) is 14.7. The molecule has 2 aliphatic heterocycles. The third kappa shape index (κ3) is 3.97. The van der Waals surface area contributed by atoms with Crippen LogP contribution in [-0.2, 0) is 6.18 Å². The number of halogens is 3. The minimum absolute atomic E-state index is 0.281. The molecule has 0 aromatic heterocycles. The Morgan fingerprint density at radius 1 is 0.969 bits per heavy atom. The smallest absolute Gasteiger partial charge is 0.416 e. The van der Waals surface area contributed by atoms with Crippen LogP contribution in [0.2, 0.25) is 0 Å². The number of aliphatic hydroxyl groups is 1. The van der Waals surface area contributed by atoms with Gasteiger partial charge in [0.1, 0.15) is 28.8 Å². The highest BCUT2D eigenvalue weighted by Gasteiger charge is 2.46. The summed E-state index contributed by atoms with van der Waals surface area (Å²) in [5, 5.41) is 11.0. The molecule has 4 nitrogen and oxygen atoms in total. The van der Waals surface area contributed by atoms with Crippen LogP contribution in [0, 0.1) is 0 Å². The second kappa shape index (κ2) is 7.39. The van der Waals surface area contributed by atoms with E-state index in [0.717, 1.165) is 17.2 Å². The van der Waals surface area contributed by atoms with Crippen molar-refractivity contribution in [1.29, 1.82) is 0 Å². The van der Waals surface area contributed by atoms with Crippen LogP contribution >= 0.6 is 0 Å². The molecule has 0 amide bonds. The third-order valence-corrected chi connectivity index (χ3v) is 6.48. The summed E-state index contributed by atoms with van der Waals surface area (Å²) in [5.74, 6) is 0.946. The van der Waals surface area contributed by atoms with E-state index >= 15 is 0 Å². The Kier molecular flexibility index (Phi) is 5.29. The van der Waals surface area contributed by atoms with Crippen LogP contribution in [0.3, 0.4) is 0 Å². The Morgan fingerprint density at radius 2 is 1.62 bits per heavy atom. The molecule has 174 valence electrons. The summed E-state index contributed by atoms with van der Waals surface area (Å²) in [6.45, 7) is 7.56. The first kappa shape index (κ1) is 22.9. The van der Waals surface area contributed by atoms with E-state index in [1.165, 1.54) is 12.1 Å². The maximum atomic E-state index is 13.4. The molecule has 2 heterocycles. The van der Waals surface area contributed by atoms with Crippen molar-refractivity contribution in [2.75, 3.05) is 14.1 Å². The second-order valence-corrected chi connectivity index (χ2v) is 10.2. The van der Waals surface area contributed by atoms with Gasteiger partial charge in [-0.15, -0.1) is 0 Å². The molecule has 7 heteroatoms. The van der Waals surface area contributed by atoms with Crippen molar-refractivity contribution in [3.63, 3.8) is 0 Å². The quantitative estimate of drug-likeness (QED) is 0.654. The highest BCUT2D eigenvalue weighted by Crippen LogP contribution is 2.51. The number of hydrogen-bond donors (Lipinski definition) is 1. The number of likely N-dealkylation sites (N-methyl/N-ethyl adjacent to an activating group) is 1. The molecule has 0 bridgehead atoms. The molecular weight excluding hydrogens is 419 g/mol. The standard InChI is InChI=1S/C25H30F3NO3/c1-23(2)13-18(14-8-7-9-15(10-14)25(26,27)28)16-11-17-20(12-19(16)31-23)32-24(3,4)22(30)21(17)29(5)6/h7-12,18,21-22,30H,13H2,1-6H3/t18?,21?,22-/m1/s1. The lowest BCUT2D eigenvalue weighted by atomic mass is 9.77. The van der Waals surface area contributed by atoms with Crippen molar-refractivity contribution in [2.45, 2.75) is 69.6 Å². The van der Waals surface area contributed by atoms with Gasteiger partial charge < -0.3 is 14.6 Å². The van der Waals surface area contributed by atoms with E-state index < -0.39 is 29.0 Å². The number of hydrogen-bond acceptors (Lipinski definition) is 4. The first-order valence-electron chi connectivity index (χ1n) is 10.8. The van der Waals surface area contributed by atoms with E-state index in [4.69, 9.17) is 9.47 Å². The summed E-state index contributed by atoms with van der Waals surface area (Å²) in [6, 6.07) is 8.96. The zero-order chi connectivity index (χ0) is 23.6. The van der Waals surface area contributed by atoms with Crippen molar-refractivity contribution in [2.24, 2.45) is 0 Å². The van der Waals surface area contributed by atoms with Crippen LogP contribution in [-0.4, -0.2) is 41.4 Å². The minimum Gasteiger partial charge on any atom is -0.487 e. The maximum absolute atomic E-state index is 13.4. The van der Waals surface area contributed by atoms with E-state index in [0.29, 0.717) is 23.5 Å². The van der Waals surface area contributed by atoms with Crippen LogP contribution < -0.4 is 9.47 Å². The highest BCUT2D eigenvalue weighted by atomic mass is 19.4. The molecule has 4 rings (SSSR count). The molecule has 32 heavy (non-hydrogen) atoms. The van der Waals surface area contributed by atoms with Gasteiger partial charge in [0.2, 0.25) is 0 Å². The predicted octanol–water partition coefficient (Wildman–Crippen LogP) is 5.53. The van der Waals surface area contributed by atoms with E-state index in [9.17, 15) is 18.3 Å². The summed E-state index contributed by atoms with van der Waals surface area (Å²) in [6.07, 6.45) is -4.66. The monoisotopic (exact) mass is 449 g/mol. The molecule has 2 aliphatic rings. The van der Waals surface area contributed by atoms with Gasteiger partial charge in [-0.25, -0.2) is 0 Å². The maximum Gasteiger partial charge on any atom is 0.416 e. The number of ether oxygens (including phenoxy) is 2. The molecule has 2 aromatic rings. The molecule has 2 aromatic carbocycles. The number of aliphatic hydroxyl groups excluding tert-OH is 1. The molecule has 0 radical (unpaired) electrons. The summed E-state index contributed by atoms with van der Waals surface area (Å²) >= 11 is 0. The Balaban J connectivity index is 1.89. The lowest BCUT2D eigenvalue weighted by molar-refractivity contribution is -0.137. The summed E-state index contributed by atoms with van der Waals surface area (Å²) in [7, 11) is 3.78. The zero-order valence-electron chi connectivity index (χ0n) is 19.2. The van der Waals surface area contributed by atoms with Crippen LogP contribution in [0.25, 0.3) is 0 Å². The van der Waals surface area contributed by atoms with Gasteiger partial charge in [-0.2, -0.15) is 13.2 Å². The number of fused-ring (bicyclic) bond motifs is 2. The van der Waals surface area contributed by atoms with E-state index in [1.807, 2.05) is 58.8 Å². The van der Waals surface area contributed by atoms with Gasteiger partial charge in [0.15, 0.2) is 0 Å². The summed E-state index contributed by atoms with van der Waals surface area (Å²) < 4.78 is 52.6. The van der Waals surface area contributed by atoms with E-state index in [1.54, 1.807) is 6.07 Å². The molecule has 1 N–H and O–H groups in total. The van der Waals surface area contributed by atoms with Crippen molar-refractivity contribution >= 4 is 0 Å². The molecule has 0 saturated carbocycles. The van der Waals surface area contributed by atoms with Gasteiger partial charge in [0.05, 0.1) is 11.6 Å². The van der Waals surface area contributed by atoms with Crippen LogP contribution in [0.4, 0.5) is 13.2 Å². The SMILES string of the molecule is CN(C)C1c2cc3c(cc2OC(C)(C)[C@@H]1O)OC(C)(C)CC3c1cccc(C(F)(F)F)c1. The highest BCUT2D eigenvalue weighted by molar-refractivity contribution is 5.55. The minimum atomic E-state index is -4.41. The van der Waals surface area contributed by atoms with Gasteiger partial charge in [-0.1, -0.05) is 18.2 Å². The second-order valence-electron chi connectivity index (χ2n) is 10.2.